The van der Waals surface area contributed by atoms with Gasteiger partial charge in [0.15, 0.2) is 11.5 Å². The Hall–Kier alpha value is -3.26. The lowest BCUT2D eigenvalue weighted by Gasteiger charge is -2.45. The molecule has 0 aliphatic carbocycles. The van der Waals surface area contributed by atoms with Crippen LogP contribution in [0.2, 0.25) is 13.1 Å². The Labute approximate surface area is 264 Å². The van der Waals surface area contributed by atoms with Crippen molar-refractivity contribution < 1.29 is 28.5 Å². The molecule has 230 valence electrons. The fourth-order valence-electron chi connectivity index (χ4n) is 6.48. The van der Waals surface area contributed by atoms with E-state index < -0.39 is 0 Å². The molecule has 10 heteroatoms. The number of pyridine rings is 1. The topological polar surface area (TPSA) is 93.5 Å². The van der Waals surface area contributed by atoms with Crippen molar-refractivity contribution in [1.82, 2.24) is 4.98 Å². The first kappa shape index (κ1) is 32.1. The van der Waals surface area contributed by atoms with E-state index in [2.05, 4.69) is 49.1 Å². The monoisotopic (exact) mass is 628 g/mol. The highest BCUT2D eigenvalue weighted by Gasteiger charge is 2.42. The number of methoxy groups -OCH3 is 2. The Morgan fingerprint density at radius 1 is 0.955 bits per heavy atom. The van der Waals surface area contributed by atoms with Crippen LogP contribution < -0.4 is 14.4 Å². The number of para-hydroxylation sites is 1. The molecule has 1 aliphatic heterocycles. The van der Waals surface area contributed by atoms with Crippen molar-refractivity contribution in [3.8, 4) is 22.6 Å². The molecule has 2 heterocycles. The van der Waals surface area contributed by atoms with E-state index in [0.717, 1.165) is 46.4 Å². The van der Waals surface area contributed by atoms with Crippen LogP contribution in [0.25, 0.3) is 21.9 Å². The zero-order valence-corrected chi connectivity index (χ0v) is 28.2. The molecular formula is C34H40N2O6Si2. The number of aromatic nitrogens is 1. The van der Waals surface area contributed by atoms with Gasteiger partial charge in [-0.25, -0.2) is 4.98 Å². The molecule has 1 aromatic heterocycles. The number of aliphatic hydroxyl groups excluding tert-OH is 2. The Balaban J connectivity index is 1.62. The smallest absolute Gasteiger partial charge is 0.229 e. The maximum Gasteiger partial charge on any atom is 0.229 e. The van der Waals surface area contributed by atoms with Crippen molar-refractivity contribution in [2.24, 2.45) is 5.41 Å². The van der Waals surface area contributed by atoms with Gasteiger partial charge in [-0.15, -0.1) is 0 Å². The highest BCUT2D eigenvalue weighted by Crippen LogP contribution is 2.50. The van der Waals surface area contributed by atoms with Crippen LogP contribution in [0.4, 0.5) is 11.5 Å². The zero-order chi connectivity index (χ0) is 31.4. The van der Waals surface area contributed by atoms with Crippen LogP contribution >= 0.6 is 0 Å². The Bertz CT molecular complexity index is 1600. The zero-order valence-electron chi connectivity index (χ0n) is 26.2. The van der Waals surface area contributed by atoms with Gasteiger partial charge in [0.05, 0.1) is 27.4 Å². The number of fused-ring (bicyclic) bond motifs is 2. The third-order valence-electron chi connectivity index (χ3n) is 8.68. The van der Waals surface area contributed by atoms with Crippen molar-refractivity contribution >= 4 is 41.8 Å². The summed E-state index contributed by atoms with van der Waals surface area (Å²) in [6.45, 7) is 8.90. The van der Waals surface area contributed by atoms with Crippen LogP contribution in [0.1, 0.15) is 42.9 Å². The van der Waals surface area contributed by atoms with E-state index in [0.29, 0.717) is 42.2 Å². The molecule has 1 aliphatic rings. The molecule has 3 aromatic carbocycles. The van der Waals surface area contributed by atoms with Crippen LogP contribution in [0.3, 0.4) is 0 Å². The molecule has 0 unspecified atom stereocenters. The minimum Gasteiger partial charge on any atom is -0.493 e. The molecule has 0 fully saturated rings. The first-order chi connectivity index (χ1) is 21.3. The molecule has 0 spiro atoms. The van der Waals surface area contributed by atoms with Gasteiger partial charge in [-0.3, -0.25) is 0 Å². The summed E-state index contributed by atoms with van der Waals surface area (Å²) < 4.78 is 23.5. The number of rotatable bonds is 12. The predicted octanol–water partition coefficient (Wildman–Crippen LogP) is 6.25. The largest absolute Gasteiger partial charge is 0.493 e. The third kappa shape index (κ3) is 5.90. The first-order valence-corrected chi connectivity index (χ1v) is 17.5. The van der Waals surface area contributed by atoms with Gasteiger partial charge in [0.1, 0.15) is 12.1 Å². The average Bonchev–Trinajstić information content (AvgIpc) is 3.05. The normalized spacial score (nSPS) is 15.1. The van der Waals surface area contributed by atoms with Crippen molar-refractivity contribution in [1.29, 1.82) is 0 Å². The quantitative estimate of drug-likeness (QED) is 0.141. The number of nitrogens with zero attached hydrogens (tertiary/aromatic N) is 2. The predicted molar refractivity (Wildman–Crippen MR) is 176 cm³/mol. The second kappa shape index (κ2) is 13.8. The number of aliphatic hydroxyl groups is 2. The van der Waals surface area contributed by atoms with Gasteiger partial charge >= 0.3 is 0 Å². The summed E-state index contributed by atoms with van der Waals surface area (Å²) in [6.07, 6.45) is 2.42. The SMILES string of the molecule is COc1cc2cc(CO)c(CO)c(-c3ccnc(N4CC[C@H](C(C)(C)C(O[Si]C)O[Si]C)c5ccccc54)c3)c2cc1OC. The molecule has 4 aromatic rings. The van der Waals surface area contributed by atoms with E-state index in [9.17, 15) is 10.2 Å². The summed E-state index contributed by atoms with van der Waals surface area (Å²) in [7, 11) is 3.90. The number of anilines is 2. The van der Waals surface area contributed by atoms with Crippen molar-refractivity contribution in [3.63, 3.8) is 0 Å². The summed E-state index contributed by atoms with van der Waals surface area (Å²) in [5.74, 6) is 2.23. The maximum atomic E-state index is 10.5. The second-order valence-corrected chi connectivity index (χ2v) is 12.7. The van der Waals surface area contributed by atoms with E-state index in [1.165, 1.54) is 5.56 Å². The molecule has 0 saturated carbocycles. The van der Waals surface area contributed by atoms with Gasteiger partial charge in [0.25, 0.3) is 0 Å². The summed E-state index contributed by atoms with van der Waals surface area (Å²) in [4.78, 5) is 7.10. The number of ether oxygens (including phenoxy) is 2. The van der Waals surface area contributed by atoms with Gasteiger partial charge < -0.3 is 33.4 Å². The molecule has 44 heavy (non-hydrogen) atoms. The summed E-state index contributed by atoms with van der Waals surface area (Å²) in [6, 6.07) is 18.3. The van der Waals surface area contributed by atoms with Crippen LogP contribution in [-0.2, 0) is 22.1 Å². The van der Waals surface area contributed by atoms with Crippen LogP contribution in [-0.4, -0.2) is 61.8 Å². The molecule has 4 radical (unpaired) electrons. The molecule has 1 atom stereocenters. The lowest BCUT2D eigenvalue weighted by molar-refractivity contribution is -0.0916. The summed E-state index contributed by atoms with van der Waals surface area (Å²) in [5.41, 5.74) is 5.16. The second-order valence-electron chi connectivity index (χ2n) is 11.4. The number of hydrogen-bond donors (Lipinski definition) is 2. The van der Waals surface area contributed by atoms with Gasteiger partial charge in [0.2, 0.25) is 19.5 Å². The molecule has 8 nitrogen and oxygen atoms in total. The van der Waals surface area contributed by atoms with Crippen LogP contribution in [0, 0.1) is 5.41 Å². The minimum absolute atomic E-state index is 0.201. The van der Waals surface area contributed by atoms with Crippen LogP contribution in [0.5, 0.6) is 11.5 Å². The maximum absolute atomic E-state index is 10.5. The lowest BCUT2D eigenvalue weighted by atomic mass is 9.70. The fourth-order valence-corrected chi connectivity index (χ4v) is 7.71. The van der Waals surface area contributed by atoms with Gasteiger partial charge in [-0.1, -0.05) is 32.0 Å². The molecule has 0 bridgehead atoms. The Morgan fingerprint density at radius 3 is 2.32 bits per heavy atom. The number of benzene rings is 3. The highest BCUT2D eigenvalue weighted by atomic mass is 28.2. The van der Waals surface area contributed by atoms with Crippen LogP contribution in [0.15, 0.2) is 60.8 Å². The van der Waals surface area contributed by atoms with Gasteiger partial charge in [-0.05, 0) is 100 Å². The third-order valence-corrected chi connectivity index (χ3v) is 9.58. The van der Waals surface area contributed by atoms with E-state index in [4.69, 9.17) is 23.3 Å². The van der Waals surface area contributed by atoms with E-state index in [1.54, 1.807) is 14.2 Å². The van der Waals surface area contributed by atoms with E-state index in [-0.39, 0.29) is 30.8 Å². The Morgan fingerprint density at radius 2 is 1.66 bits per heavy atom. The minimum atomic E-state index is -0.292. The summed E-state index contributed by atoms with van der Waals surface area (Å²) in [5, 5.41) is 22.6. The standard InChI is InChI=1S/C34H40N2O6Si2/c1-34(2,33(41-43-5)42-44-6)27-12-14-36(28-10-8-7-9-24(27)28)31-17-21(11-13-35-31)32-25-18-30(40-4)29(39-3)16-22(25)15-23(19-37)26(32)20-38/h7-11,13,15-18,27,33,37-38H,12,14,19-20H2,1-6H3/t27-/m0/s1. The van der Waals surface area contributed by atoms with Gasteiger partial charge in [-0.2, -0.15) is 0 Å². The molecule has 2 N–H and O–H groups in total. The fraction of sp³-hybridized carbons (Fsp3) is 0.382. The highest BCUT2D eigenvalue weighted by molar-refractivity contribution is 6.26. The average molecular weight is 629 g/mol. The number of hydrogen-bond acceptors (Lipinski definition) is 8. The summed E-state index contributed by atoms with van der Waals surface area (Å²) >= 11 is 0. The lowest BCUT2D eigenvalue weighted by Crippen LogP contribution is -2.43. The first-order valence-electron chi connectivity index (χ1n) is 14.7. The Kier molecular flexibility index (Phi) is 10.1. The van der Waals surface area contributed by atoms with E-state index in [1.807, 2.05) is 43.6 Å². The molecule has 0 amide bonds. The molecule has 5 rings (SSSR count). The van der Waals surface area contributed by atoms with Gasteiger partial charge in [0, 0.05) is 23.8 Å². The van der Waals surface area contributed by atoms with Crippen molar-refractivity contribution in [3.05, 3.63) is 77.5 Å². The van der Waals surface area contributed by atoms with E-state index >= 15 is 0 Å². The molecule has 0 saturated heterocycles. The van der Waals surface area contributed by atoms with Crippen molar-refractivity contribution in [2.45, 2.75) is 58.8 Å². The van der Waals surface area contributed by atoms with Crippen molar-refractivity contribution in [2.75, 3.05) is 25.7 Å². The molecular weight excluding hydrogens is 589 g/mol.